The van der Waals surface area contributed by atoms with Crippen LogP contribution in [0.4, 0.5) is 5.69 Å². The molecule has 2 aromatic rings. The highest BCUT2D eigenvalue weighted by Crippen LogP contribution is 2.33. The van der Waals surface area contributed by atoms with Gasteiger partial charge in [-0.15, -0.1) is 0 Å². The Balaban J connectivity index is 1.83. The predicted molar refractivity (Wildman–Crippen MR) is 161 cm³/mol. The van der Waals surface area contributed by atoms with Crippen LogP contribution in [0.2, 0.25) is 0 Å². The van der Waals surface area contributed by atoms with Gasteiger partial charge >= 0.3 is 0 Å². The zero-order chi connectivity index (χ0) is 25.6. The van der Waals surface area contributed by atoms with Gasteiger partial charge in [-0.1, -0.05) is 56.6 Å². The molecule has 0 aliphatic carbocycles. The van der Waals surface area contributed by atoms with Crippen LogP contribution in [0.25, 0.3) is 0 Å². The van der Waals surface area contributed by atoms with Crippen molar-refractivity contribution in [3.8, 4) is 11.8 Å². The van der Waals surface area contributed by atoms with Crippen molar-refractivity contribution in [2.45, 2.75) is 47.9 Å². The van der Waals surface area contributed by atoms with Gasteiger partial charge in [0.1, 0.15) is 5.75 Å². The molecule has 1 amide bonds. The van der Waals surface area contributed by atoms with E-state index in [2.05, 4.69) is 25.3 Å². The molecule has 8 heteroatoms. The number of benzene rings is 2. The highest BCUT2D eigenvalue weighted by molar-refractivity contribution is 14.3. The summed E-state index contributed by atoms with van der Waals surface area (Å²) in [5.41, 5.74) is 2.85. The monoisotopic (exact) mass is 701 g/mol. The SMILES string of the molecule is C=IC(Oc1cc(NC(=O)c2ccc(C#N)cc2C)ccc1CN1CCC[C@@H](C(C)(C)O)C1)I=C. The second kappa shape index (κ2) is 12.5. The van der Waals surface area contributed by atoms with Gasteiger partial charge in [-0.3, -0.25) is 9.69 Å². The number of carbonyl (C=O) groups is 1. The number of piperidine rings is 1. The summed E-state index contributed by atoms with van der Waals surface area (Å²) in [6.07, 6.45) is 2.09. The first-order chi connectivity index (χ1) is 16.6. The third kappa shape index (κ3) is 7.65. The molecule has 1 saturated heterocycles. The van der Waals surface area contributed by atoms with Crippen molar-refractivity contribution < 1.29 is 14.6 Å². The standard InChI is InChI=1S/C27H33I2N3O3/c1-18-13-19(15-30)8-11-23(18)25(33)31-22-10-9-20(24(14-22)35-26(28-4)29-5)16-32-12-6-7-21(17-32)27(2,3)34/h8-11,13-14,21,26,34H,4-7,12,16-17H2,1-3H3,(H,31,33)/t21-/m1/s1. The molecule has 188 valence electrons. The molecule has 6 nitrogen and oxygen atoms in total. The lowest BCUT2D eigenvalue weighted by Crippen LogP contribution is -2.44. The number of amides is 1. The Kier molecular flexibility index (Phi) is 9.98. The molecule has 0 bridgehead atoms. The lowest BCUT2D eigenvalue weighted by molar-refractivity contribution is -0.0198. The first-order valence-electron chi connectivity index (χ1n) is 11.4. The first kappa shape index (κ1) is 27.9. The average Bonchev–Trinajstić information content (AvgIpc) is 2.83. The molecule has 0 saturated carbocycles. The largest absolute Gasteiger partial charge is 0.471 e. The first-order valence-corrected chi connectivity index (χ1v) is 17.0. The van der Waals surface area contributed by atoms with Crippen LogP contribution in [0.15, 0.2) is 36.4 Å². The number of aliphatic hydroxyl groups is 1. The number of ether oxygens (including phenoxy) is 1. The number of alkyl halides is 2. The van der Waals surface area contributed by atoms with Crippen molar-refractivity contribution >= 4 is 62.1 Å². The van der Waals surface area contributed by atoms with Gasteiger partial charge in [0.2, 0.25) is 0 Å². The summed E-state index contributed by atoms with van der Waals surface area (Å²) in [5, 5.41) is 22.6. The smallest absolute Gasteiger partial charge is 0.255 e. The number of nitrogens with one attached hydrogen (secondary N) is 1. The Hall–Kier alpha value is -1.68. The fraction of sp³-hybridized carbons (Fsp3) is 0.407. The molecule has 1 aliphatic heterocycles. The van der Waals surface area contributed by atoms with E-state index in [1.165, 1.54) is 0 Å². The Bertz CT molecular complexity index is 1130. The van der Waals surface area contributed by atoms with E-state index in [-0.39, 0.29) is 55.4 Å². The summed E-state index contributed by atoms with van der Waals surface area (Å²) >= 11 is -0.721. The van der Waals surface area contributed by atoms with E-state index < -0.39 is 5.60 Å². The summed E-state index contributed by atoms with van der Waals surface area (Å²) in [5.74, 6) is 0.779. The summed E-state index contributed by atoms with van der Waals surface area (Å²) in [6, 6.07) is 13.0. The molecule has 2 aromatic carbocycles. The fourth-order valence-electron chi connectivity index (χ4n) is 4.28. The van der Waals surface area contributed by atoms with Gasteiger partial charge in [-0.2, -0.15) is 5.26 Å². The van der Waals surface area contributed by atoms with E-state index in [1.807, 2.05) is 39.0 Å². The van der Waals surface area contributed by atoms with Crippen LogP contribution in [0.3, 0.4) is 0 Å². The Morgan fingerprint density at radius 1 is 1.31 bits per heavy atom. The van der Waals surface area contributed by atoms with E-state index in [9.17, 15) is 9.90 Å². The number of aryl methyl sites for hydroxylation is 1. The number of halogens is 2. The lowest BCUT2D eigenvalue weighted by Gasteiger charge is -2.39. The van der Waals surface area contributed by atoms with Crippen molar-refractivity contribution in [2.75, 3.05) is 18.4 Å². The lowest BCUT2D eigenvalue weighted by atomic mass is 9.84. The van der Waals surface area contributed by atoms with Gasteiger partial charge in [0.25, 0.3) is 5.91 Å². The third-order valence-corrected chi connectivity index (χ3v) is 12.6. The normalized spacial score (nSPS) is 16.6. The van der Waals surface area contributed by atoms with Crippen LogP contribution in [0, 0.1) is 24.2 Å². The minimum absolute atomic E-state index is 0.101. The molecule has 35 heavy (non-hydrogen) atoms. The third-order valence-electron chi connectivity index (χ3n) is 6.28. The zero-order valence-corrected chi connectivity index (χ0v) is 24.8. The topological polar surface area (TPSA) is 85.6 Å². The molecule has 0 aromatic heterocycles. The van der Waals surface area contributed by atoms with E-state index in [0.717, 1.165) is 49.4 Å². The van der Waals surface area contributed by atoms with Crippen LogP contribution in [0.5, 0.6) is 5.75 Å². The van der Waals surface area contributed by atoms with Gasteiger partial charge in [0, 0.05) is 36.0 Å². The molecular weight excluding hydrogens is 668 g/mol. The molecule has 1 atom stereocenters. The van der Waals surface area contributed by atoms with E-state index in [1.54, 1.807) is 18.2 Å². The molecule has 3 rings (SSSR count). The summed E-state index contributed by atoms with van der Waals surface area (Å²) < 4.78 is 14.7. The van der Waals surface area contributed by atoms with Crippen molar-refractivity contribution in [1.29, 1.82) is 5.26 Å². The van der Waals surface area contributed by atoms with Crippen molar-refractivity contribution in [3.63, 3.8) is 0 Å². The number of nitrogens with zero attached hydrogens (tertiary/aromatic N) is 2. The second-order valence-electron chi connectivity index (χ2n) is 9.33. The highest BCUT2D eigenvalue weighted by Gasteiger charge is 2.31. The number of anilines is 1. The predicted octanol–water partition coefficient (Wildman–Crippen LogP) is 5.57. The summed E-state index contributed by atoms with van der Waals surface area (Å²) in [7, 11) is 0. The van der Waals surface area contributed by atoms with Gasteiger partial charge in [0.15, 0.2) is 2.12 Å². The van der Waals surface area contributed by atoms with Crippen LogP contribution < -0.4 is 10.1 Å². The maximum absolute atomic E-state index is 12.9. The molecular formula is C27H33I2N3O3. The highest BCUT2D eigenvalue weighted by atomic mass is 127. The summed E-state index contributed by atoms with van der Waals surface area (Å²) in [6.45, 7) is 8.16. The zero-order valence-electron chi connectivity index (χ0n) is 20.5. The molecule has 1 heterocycles. The minimum atomic E-state index is -0.697. The number of nitriles is 1. The Labute approximate surface area is 228 Å². The van der Waals surface area contributed by atoms with Crippen LogP contribution in [-0.2, 0) is 6.54 Å². The number of likely N-dealkylation sites (tertiary alicyclic amines) is 1. The fourth-order valence-corrected chi connectivity index (χ4v) is 7.00. The summed E-state index contributed by atoms with van der Waals surface area (Å²) in [4.78, 5) is 15.3. The number of hydrogen-bond donors (Lipinski definition) is 2. The Morgan fingerprint density at radius 3 is 2.69 bits per heavy atom. The van der Waals surface area contributed by atoms with Gasteiger partial charge < -0.3 is 15.2 Å². The van der Waals surface area contributed by atoms with Gasteiger partial charge in [-0.05, 0) is 75.9 Å². The van der Waals surface area contributed by atoms with Crippen LogP contribution in [0.1, 0.15) is 53.7 Å². The van der Waals surface area contributed by atoms with E-state index >= 15 is 0 Å². The molecule has 1 fully saturated rings. The van der Waals surface area contributed by atoms with Crippen molar-refractivity contribution in [3.05, 3.63) is 58.7 Å². The molecule has 0 spiro atoms. The van der Waals surface area contributed by atoms with Gasteiger partial charge in [-0.25, -0.2) is 0 Å². The molecule has 0 unspecified atom stereocenters. The average molecular weight is 701 g/mol. The molecule has 1 aliphatic rings. The second-order valence-corrected chi connectivity index (χ2v) is 15.7. The quantitative estimate of drug-likeness (QED) is 0.264. The maximum Gasteiger partial charge on any atom is 0.255 e. The Morgan fingerprint density at radius 2 is 2.06 bits per heavy atom. The molecule has 0 radical (unpaired) electrons. The van der Waals surface area contributed by atoms with Crippen LogP contribution >= 0.6 is 41.5 Å². The maximum atomic E-state index is 12.9. The molecule has 2 N–H and O–H groups in total. The van der Waals surface area contributed by atoms with Crippen molar-refractivity contribution in [2.24, 2.45) is 5.92 Å². The number of rotatable bonds is 9. The van der Waals surface area contributed by atoms with Crippen LogP contribution in [-0.4, -0.2) is 45.8 Å². The van der Waals surface area contributed by atoms with E-state index in [0.29, 0.717) is 16.8 Å². The minimum Gasteiger partial charge on any atom is -0.471 e. The number of carbonyl (C=O) groups excluding carboxylic acids is 1. The van der Waals surface area contributed by atoms with Crippen molar-refractivity contribution in [1.82, 2.24) is 4.90 Å². The van der Waals surface area contributed by atoms with E-state index in [4.69, 9.17) is 10.00 Å². The number of hydrogen-bond acceptors (Lipinski definition) is 5. The van der Waals surface area contributed by atoms with Gasteiger partial charge in [0.05, 0.1) is 17.2 Å².